The van der Waals surface area contributed by atoms with E-state index in [4.69, 9.17) is 4.74 Å². The maximum absolute atomic E-state index is 9.93. The lowest BCUT2D eigenvalue weighted by Crippen LogP contribution is -2.45. The summed E-state index contributed by atoms with van der Waals surface area (Å²) in [6.07, 6.45) is 3.28. The molecule has 1 unspecified atom stereocenters. The SMILES string of the molecule is Oc1cccc2c1CC(N1CCOCC1)CC2. The van der Waals surface area contributed by atoms with Crippen LogP contribution in [0.1, 0.15) is 17.5 Å². The van der Waals surface area contributed by atoms with Crippen LogP contribution >= 0.6 is 0 Å². The van der Waals surface area contributed by atoms with Gasteiger partial charge in [0, 0.05) is 19.1 Å². The van der Waals surface area contributed by atoms with Crippen LogP contribution in [0, 0.1) is 0 Å². The van der Waals surface area contributed by atoms with Crippen LogP contribution in [0.3, 0.4) is 0 Å². The van der Waals surface area contributed by atoms with E-state index in [1.54, 1.807) is 6.07 Å². The number of nitrogens with zero attached hydrogens (tertiary/aromatic N) is 1. The summed E-state index contributed by atoms with van der Waals surface area (Å²) in [6, 6.07) is 6.48. The maximum atomic E-state index is 9.93. The van der Waals surface area contributed by atoms with Crippen molar-refractivity contribution in [2.24, 2.45) is 0 Å². The third-order valence-electron chi connectivity index (χ3n) is 4.00. The van der Waals surface area contributed by atoms with Crippen LogP contribution in [0.2, 0.25) is 0 Å². The zero-order valence-corrected chi connectivity index (χ0v) is 10.1. The second-order valence-electron chi connectivity index (χ2n) is 4.96. The molecule has 92 valence electrons. The lowest BCUT2D eigenvalue weighted by atomic mass is 9.87. The summed E-state index contributed by atoms with van der Waals surface area (Å²) in [5.74, 6) is 0.473. The fourth-order valence-electron chi connectivity index (χ4n) is 3.01. The number of phenolic OH excluding ortho intramolecular Hbond substituents is 1. The average Bonchev–Trinajstić information content (AvgIpc) is 2.40. The Morgan fingerprint density at radius 3 is 2.88 bits per heavy atom. The number of aryl methyl sites for hydroxylation is 1. The second kappa shape index (κ2) is 4.67. The number of hydrogen-bond acceptors (Lipinski definition) is 3. The topological polar surface area (TPSA) is 32.7 Å². The summed E-state index contributed by atoms with van der Waals surface area (Å²) in [5.41, 5.74) is 2.49. The first kappa shape index (κ1) is 11.1. The van der Waals surface area contributed by atoms with Crippen molar-refractivity contribution in [2.75, 3.05) is 26.3 Å². The Morgan fingerprint density at radius 2 is 2.06 bits per heavy atom. The van der Waals surface area contributed by atoms with Crippen molar-refractivity contribution in [2.45, 2.75) is 25.3 Å². The van der Waals surface area contributed by atoms with Crippen LogP contribution in [0.15, 0.2) is 18.2 Å². The van der Waals surface area contributed by atoms with E-state index in [1.165, 1.54) is 12.0 Å². The van der Waals surface area contributed by atoms with Gasteiger partial charge >= 0.3 is 0 Å². The molecule has 1 saturated heterocycles. The molecule has 0 spiro atoms. The normalized spacial score (nSPS) is 25.5. The standard InChI is InChI=1S/C14H19NO2/c16-14-3-1-2-11-4-5-12(10-13(11)14)15-6-8-17-9-7-15/h1-3,12,16H,4-10H2. The van der Waals surface area contributed by atoms with E-state index in [1.807, 2.05) is 6.07 Å². The van der Waals surface area contributed by atoms with Gasteiger partial charge in [-0.15, -0.1) is 0 Å². The molecule has 0 saturated carbocycles. The first-order valence-corrected chi connectivity index (χ1v) is 6.46. The number of rotatable bonds is 1. The van der Waals surface area contributed by atoms with Crippen molar-refractivity contribution in [3.63, 3.8) is 0 Å². The molecule has 1 aliphatic heterocycles. The molecule has 1 aliphatic carbocycles. The number of phenols is 1. The third kappa shape index (κ3) is 2.17. The van der Waals surface area contributed by atoms with Crippen LogP contribution in [0.5, 0.6) is 5.75 Å². The highest BCUT2D eigenvalue weighted by Gasteiger charge is 2.26. The van der Waals surface area contributed by atoms with Gasteiger partial charge in [-0.1, -0.05) is 12.1 Å². The van der Waals surface area contributed by atoms with E-state index in [0.29, 0.717) is 11.8 Å². The number of fused-ring (bicyclic) bond motifs is 1. The molecule has 0 radical (unpaired) electrons. The number of morpholine rings is 1. The van der Waals surface area contributed by atoms with Crippen molar-refractivity contribution in [3.8, 4) is 5.75 Å². The first-order valence-electron chi connectivity index (χ1n) is 6.46. The fraction of sp³-hybridized carbons (Fsp3) is 0.571. The Bertz CT molecular complexity index is 399. The van der Waals surface area contributed by atoms with Crippen molar-refractivity contribution >= 4 is 0 Å². The fourth-order valence-corrected chi connectivity index (χ4v) is 3.01. The number of ether oxygens (including phenoxy) is 1. The van der Waals surface area contributed by atoms with Gasteiger partial charge in [-0.05, 0) is 36.5 Å². The summed E-state index contributed by atoms with van der Waals surface area (Å²) >= 11 is 0. The summed E-state index contributed by atoms with van der Waals surface area (Å²) in [4.78, 5) is 2.51. The highest BCUT2D eigenvalue weighted by Crippen LogP contribution is 2.30. The Morgan fingerprint density at radius 1 is 1.24 bits per heavy atom. The Hall–Kier alpha value is -1.06. The minimum atomic E-state index is 0.473. The minimum absolute atomic E-state index is 0.473. The van der Waals surface area contributed by atoms with Gasteiger partial charge in [0.15, 0.2) is 0 Å². The van der Waals surface area contributed by atoms with Crippen LogP contribution in [0.25, 0.3) is 0 Å². The predicted molar refractivity (Wildman–Crippen MR) is 66.3 cm³/mol. The van der Waals surface area contributed by atoms with E-state index < -0.39 is 0 Å². The molecule has 0 bridgehead atoms. The average molecular weight is 233 g/mol. The quantitative estimate of drug-likeness (QED) is 0.799. The molecule has 1 aromatic carbocycles. The van der Waals surface area contributed by atoms with Crippen molar-refractivity contribution in [1.82, 2.24) is 4.90 Å². The summed E-state index contributed by atoms with van der Waals surface area (Å²) in [6.45, 7) is 3.77. The lowest BCUT2D eigenvalue weighted by Gasteiger charge is -2.37. The Labute approximate surface area is 102 Å². The lowest BCUT2D eigenvalue weighted by molar-refractivity contribution is 0.0136. The largest absolute Gasteiger partial charge is 0.508 e. The predicted octanol–water partition coefficient (Wildman–Crippen LogP) is 1.58. The van der Waals surface area contributed by atoms with Crippen molar-refractivity contribution < 1.29 is 9.84 Å². The van der Waals surface area contributed by atoms with Gasteiger partial charge in [-0.2, -0.15) is 0 Å². The molecule has 3 rings (SSSR count). The molecule has 3 heteroatoms. The Kier molecular flexibility index (Phi) is 3.04. The van der Waals surface area contributed by atoms with Crippen LogP contribution in [-0.2, 0) is 17.6 Å². The third-order valence-corrected chi connectivity index (χ3v) is 4.00. The van der Waals surface area contributed by atoms with Gasteiger partial charge in [0.25, 0.3) is 0 Å². The molecule has 1 heterocycles. The molecule has 3 nitrogen and oxygen atoms in total. The molecule has 1 fully saturated rings. The summed E-state index contributed by atoms with van der Waals surface area (Å²) < 4.78 is 5.39. The minimum Gasteiger partial charge on any atom is -0.508 e. The molecule has 1 aromatic rings. The Balaban J connectivity index is 1.77. The molecule has 17 heavy (non-hydrogen) atoms. The molecule has 1 N–H and O–H groups in total. The van der Waals surface area contributed by atoms with Crippen LogP contribution in [0.4, 0.5) is 0 Å². The monoisotopic (exact) mass is 233 g/mol. The van der Waals surface area contributed by atoms with Crippen molar-refractivity contribution in [3.05, 3.63) is 29.3 Å². The highest BCUT2D eigenvalue weighted by molar-refractivity contribution is 5.41. The van der Waals surface area contributed by atoms with E-state index in [2.05, 4.69) is 11.0 Å². The van der Waals surface area contributed by atoms with E-state index in [-0.39, 0.29) is 0 Å². The number of benzene rings is 1. The maximum Gasteiger partial charge on any atom is 0.119 e. The number of hydrogen-bond donors (Lipinski definition) is 1. The van der Waals surface area contributed by atoms with Crippen LogP contribution < -0.4 is 0 Å². The zero-order valence-electron chi connectivity index (χ0n) is 10.1. The van der Waals surface area contributed by atoms with Gasteiger partial charge in [0.05, 0.1) is 13.2 Å². The van der Waals surface area contributed by atoms with Crippen molar-refractivity contribution in [1.29, 1.82) is 0 Å². The first-order chi connectivity index (χ1) is 8.34. The van der Waals surface area contributed by atoms with Crippen LogP contribution in [-0.4, -0.2) is 42.4 Å². The van der Waals surface area contributed by atoms with Gasteiger partial charge in [-0.3, -0.25) is 4.90 Å². The molecule has 0 amide bonds. The highest BCUT2D eigenvalue weighted by atomic mass is 16.5. The summed E-state index contributed by atoms with van der Waals surface area (Å²) in [5, 5.41) is 9.93. The van der Waals surface area contributed by atoms with E-state index in [9.17, 15) is 5.11 Å². The molecular weight excluding hydrogens is 214 g/mol. The van der Waals surface area contributed by atoms with Gasteiger partial charge in [-0.25, -0.2) is 0 Å². The van der Waals surface area contributed by atoms with Gasteiger partial charge in [0.2, 0.25) is 0 Å². The number of aromatic hydroxyl groups is 1. The van der Waals surface area contributed by atoms with Gasteiger partial charge in [0.1, 0.15) is 5.75 Å². The smallest absolute Gasteiger partial charge is 0.119 e. The molecule has 1 atom stereocenters. The molecular formula is C14H19NO2. The van der Waals surface area contributed by atoms with E-state index >= 15 is 0 Å². The van der Waals surface area contributed by atoms with E-state index in [0.717, 1.165) is 44.7 Å². The summed E-state index contributed by atoms with van der Waals surface area (Å²) in [7, 11) is 0. The van der Waals surface area contributed by atoms with Gasteiger partial charge < -0.3 is 9.84 Å². The second-order valence-corrected chi connectivity index (χ2v) is 4.96. The molecule has 0 aromatic heterocycles. The zero-order chi connectivity index (χ0) is 11.7. The molecule has 2 aliphatic rings.